The molecule has 0 spiro atoms. The first kappa shape index (κ1) is 13.7. The third kappa shape index (κ3) is 1.81. The maximum atomic E-state index is 2.45. The highest BCUT2D eigenvalue weighted by Crippen LogP contribution is 2.57. The maximum absolute atomic E-state index is 2.45. The van der Waals surface area contributed by atoms with Crippen LogP contribution in [-0.4, -0.2) is 0 Å². The van der Waals surface area contributed by atoms with E-state index in [-0.39, 0.29) is 0 Å². The molecule has 3 rings (SSSR count). The minimum absolute atomic E-state index is 0.338. The van der Waals surface area contributed by atoms with Gasteiger partial charge in [-0.1, -0.05) is 50.3 Å². The van der Waals surface area contributed by atoms with Gasteiger partial charge in [-0.05, 0) is 72.6 Å². The molecule has 0 nitrogen and oxygen atoms in total. The second kappa shape index (κ2) is 4.62. The number of rotatable bonds is 1. The minimum Gasteiger partial charge on any atom is -0.0805 e. The summed E-state index contributed by atoms with van der Waals surface area (Å²) in [6.45, 7) is 11.7. The lowest BCUT2D eigenvalue weighted by molar-refractivity contribution is 0.268. The Bertz CT molecular complexity index is 590. The van der Waals surface area contributed by atoms with Crippen molar-refractivity contribution in [2.75, 3.05) is 0 Å². The molecule has 0 saturated heterocycles. The highest BCUT2D eigenvalue weighted by atomic mass is 14.5. The van der Waals surface area contributed by atoms with Crippen molar-refractivity contribution in [3.05, 3.63) is 58.7 Å². The lowest BCUT2D eigenvalue weighted by atomic mass is 9.70. The molecule has 4 unspecified atom stereocenters. The highest BCUT2D eigenvalue weighted by molar-refractivity contribution is 5.42. The van der Waals surface area contributed by atoms with Gasteiger partial charge in [0.05, 0.1) is 0 Å². The van der Waals surface area contributed by atoms with Gasteiger partial charge in [-0.3, -0.25) is 0 Å². The summed E-state index contributed by atoms with van der Waals surface area (Å²) in [5.41, 5.74) is 6.32. The fraction of sp³-hybridized carbons (Fsp3) is 0.500. The molecule has 4 atom stereocenters. The fourth-order valence-electron chi connectivity index (χ4n) is 4.30. The summed E-state index contributed by atoms with van der Waals surface area (Å²) in [5, 5.41) is 0. The van der Waals surface area contributed by atoms with Crippen LogP contribution in [-0.2, 0) is 0 Å². The van der Waals surface area contributed by atoms with Crippen LogP contribution in [0.5, 0.6) is 0 Å². The van der Waals surface area contributed by atoms with Crippen molar-refractivity contribution in [2.24, 2.45) is 17.3 Å². The monoisotopic (exact) mass is 266 g/mol. The average molecular weight is 266 g/mol. The molecule has 0 bridgehead atoms. The third-order valence-electron chi connectivity index (χ3n) is 6.30. The van der Waals surface area contributed by atoms with Gasteiger partial charge in [-0.25, -0.2) is 0 Å². The quantitative estimate of drug-likeness (QED) is 0.631. The van der Waals surface area contributed by atoms with Crippen LogP contribution in [0.25, 0.3) is 0 Å². The number of hydrogen-bond donors (Lipinski definition) is 0. The first-order valence-corrected chi connectivity index (χ1v) is 7.88. The van der Waals surface area contributed by atoms with Crippen LogP contribution in [0.15, 0.2) is 36.4 Å². The van der Waals surface area contributed by atoms with Gasteiger partial charge in [0, 0.05) is 0 Å². The van der Waals surface area contributed by atoms with Gasteiger partial charge in [0.25, 0.3) is 0 Å². The molecule has 1 fully saturated rings. The summed E-state index contributed by atoms with van der Waals surface area (Å²) in [5.74, 6) is 2.10. The SMILES string of the molecule is Cc1ccc(C2CC3C=CC=CC3(C)C2C)c(C)c1C. The molecule has 0 aromatic heterocycles. The molecule has 0 amide bonds. The Kier molecular flexibility index (Phi) is 3.16. The molecule has 20 heavy (non-hydrogen) atoms. The first-order valence-electron chi connectivity index (χ1n) is 7.88. The van der Waals surface area contributed by atoms with Crippen molar-refractivity contribution in [1.29, 1.82) is 0 Å². The molecular formula is C20H26. The van der Waals surface area contributed by atoms with Gasteiger partial charge in [-0.15, -0.1) is 0 Å². The normalized spacial score (nSPS) is 35.4. The van der Waals surface area contributed by atoms with Crippen molar-refractivity contribution in [1.82, 2.24) is 0 Å². The van der Waals surface area contributed by atoms with Crippen LogP contribution in [0.4, 0.5) is 0 Å². The largest absolute Gasteiger partial charge is 0.0805 e. The molecule has 1 aromatic carbocycles. The van der Waals surface area contributed by atoms with E-state index in [9.17, 15) is 0 Å². The summed E-state index contributed by atoms with van der Waals surface area (Å²) in [4.78, 5) is 0. The van der Waals surface area contributed by atoms with Crippen LogP contribution in [0.3, 0.4) is 0 Å². The van der Waals surface area contributed by atoms with Crippen molar-refractivity contribution in [3.8, 4) is 0 Å². The van der Waals surface area contributed by atoms with E-state index in [4.69, 9.17) is 0 Å². The molecule has 106 valence electrons. The minimum atomic E-state index is 0.338. The standard InChI is InChI=1S/C20H26/c1-13-9-10-18(15(3)14(13)2)19-12-17-8-6-7-11-20(17,5)16(19)4/h6-11,16-17,19H,12H2,1-5H3. The smallest absolute Gasteiger partial charge is 0.00489 e. The Hall–Kier alpha value is -1.30. The summed E-state index contributed by atoms with van der Waals surface area (Å²) in [6.07, 6.45) is 10.6. The number of fused-ring (bicyclic) bond motifs is 1. The number of hydrogen-bond acceptors (Lipinski definition) is 0. The molecule has 0 heterocycles. The Balaban J connectivity index is 2.03. The second-order valence-corrected chi connectivity index (χ2v) is 7.07. The first-order chi connectivity index (χ1) is 9.45. The Morgan fingerprint density at radius 3 is 2.50 bits per heavy atom. The van der Waals surface area contributed by atoms with Crippen molar-refractivity contribution >= 4 is 0 Å². The summed E-state index contributed by atoms with van der Waals surface area (Å²) >= 11 is 0. The Morgan fingerprint density at radius 2 is 1.80 bits per heavy atom. The lowest BCUT2D eigenvalue weighted by Crippen LogP contribution is -2.26. The Labute approximate surface area is 123 Å². The summed E-state index contributed by atoms with van der Waals surface area (Å²) in [6, 6.07) is 4.69. The van der Waals surface area contributed by atoms with E-state index in [1.807, 2.05) is 0 Å². The predicted molar refractivity (Wildman–Crippen MR) is 87.1 cm³/mol. The second-order valence-electron chi connectivity index (χ2n) is 7.07. The fourth-order valence-corrected chi connectivity index (χ4v) is 4.30. The predicted octanol–water partition coefficient (Wildman–Crippen LogP) is 5.48. The molecule has 0 radical (unpaired) electrons. The molecular weight excluding hydrogens is 240 g/mol. The zero-order valence-electron chi connectivity index (χ0n) is 13.4. The number of allylic oxidation sites excluding steroid dienone is 4. The maximum Gasteiger partial charge on any atom is -0.00489 e. The van der Waals surface area contributed by atoms with E-state index < -0.39 is 0 Å². The summed E-state index contributed by atoms with van der Waals surface area (Å²) < 4.78 is 0. The molecule has 0 N–H and O–H groups in total. The van der Waals surface area contributed by atoms with E-state index in [2.05, 4.69) is 71.1 Å². The van der Waals surface area contributed by atoms with Crippen LogP contribution >= 0.6 is 0 Å². The zero-order valence-corrected chi connectivity index (χ0v) is 13.4. The van der Waals surface area contributed by atoms with Gasteiger partial charge in [0.15, 0.2) is 0 Å². The van der Waals surface area contributed by atoms with Crippen LogP contribution in [0.2, 0.25) is 0 Å². The van der Waals surface area contributed by atoms with E-state index in [1.54, 1.807) is 5.56 Å². The lowest BCUT2D eigenvalue weighted by Gasteiger charge is -2.34. The van der Waals surface area contributed by atoms with Crippen molar-refractivity contribution in [2.45, 2.75) is 47.0 Å². The van der Waals surface area contributed by atoms with Gasteiger partial charge in [-0.2, -0.15) is 0 Å². The van der Waals surface area contributed by atoms with E-state index in [1.165, 1.54) is 23.1 Å². The molecule has 2 aliphatic rings. The molecule has 1 aromatic rings. The van der Waals surface area contributed by atoms with Gasteiger partial charge in [0.2, 0.25) is 0 Å². The molecule has 0 heteroatoms. The van der Waals surface area contributed by atoms with Crippen molar-refractivity contribution in [3.63, 3.8) is 0 Å². The molecule has 1 saturated carbocycles. The van der Waals surface area contributed by atoms with E-state index in [0.29, 0.717) is 23.2 Å². The topological polar surface area (TPSA) is 0 Å². The third-order valence-corrected chi connectivity index (χ3v) is 6.30. The van der Waals surface area contributed by atoms with Gasteiger partial charge >= 0.3 is 0 Å². The van der Waals surface area contributed by atoms with E-state index >= 15 is 0 Å². The molecule has 0 aliphatic heterocycles. The van der Waals surface area contributed by atoms with Crippen LogP contribution in [0.1, 0.15) is 48.4 Å². The van der Waals surface area contributed by atoms with E-state index in [0.717, 1.165) is 0 Å². The van der Waals surface area contributed by atoms with Crippen LogP contribution < -0.4 is 0 Å². The number of benzene rings is 1. The van der Waals surface area contributed by atoms with Gasteiger partial charge in [0.1, 0.15) is 0 Å². The number of aryl methyl sites for hydroxylation is 1. The summed E-state index contributed by atoms with van der Waals surface area (Å²) in [7, 11) is 0. The Morgan fingerprint density at radius 1 is 1.05 bits per heavy atom. The molecule has 2 aliphatic carbocycles. The average Bonchev–Trinajstić information content (AvgIpc) is 2.69. The van der Waals surface area contributed by atoms with Crippen LogP contribution in [0, 0.1) is 38.0 Å². The zero-order chi connectivity index (χ0) is 14.5. The van der Waals surface area contributed by atoms with Crippen molar-refractivity contribution < 1.29 is 0 Å². The highest BCUT2D eigenvalue weighted by Gasteiger charge is 2.48. The van der Waals surface area contributed by atoms with Gasteiger partial charge < -0.3 is 0 Å².